The minimum Gasteiger partial charge on any atom is -0.462 e. The van der Waals surface area contributed by atoms with E-state index in [1.165, 1.54) is 0 Å². The van der Waals surface area contributed by atoms with Gasteiger partial charge in [0.15, 0.2) is 6.10 Å². The van der Waals surface area contributed by atoms with Crippen molar-refractivity contribution in [3.05, 3.63) is 146 Å². The largest absolute Gasteiger partial charge is 0.462 e. The molecule has 6 nitrogen and oxygen atoms in total. The Morgan fingerprint density at radius 1 is 0.344 bits per heavy atom. The molecule has 338 valence electrons. The molecule has 0 aromatic rings. The van der Waals surface area contributed by atoms with Gasteiger partial charge < -0.3 is 14.2 Å². The van der Waals surface area contributed by atoms with Crippen molar-refractivity contribution in [3.63, 3.8) is 0 Å². The number of hydrogen-bond acceptors (Lipinski definition) is 6. The van der Waals surface area contributed by atoms with Crippen LogP contribution < -0.4 is 0 Å². The van der Waals surface area contributed by atoms with E-state index in [-0.39, 0.29) is 50.4 Å². The number of ether oxygens (including phenoxy) is 3. The zero-order valence-electron chi connectivity index (χ0n) is 38.4. The maximum atomic E-state index is 12.7. The summed E-state index contributed by atoms with van der Waals surface area (Å²) in [7, 11) is 0. The molecule has 1 atom stereocenters. The summed E-state index contributed by atoms with van der Waals surface area (Å²) >= 11 is 0. The number of carbonyl (C=O) groups excluding carboxylic acids is 3. The highest BCUT2D eigenvalue weighted by atomic mass is 16.6. The van der Waals surface area contributed by atoms with E-state index >= 15 is 0 Å². The first-order valence-electron chi connectivity index (χ1n) is 23.4. The van der Waals surface area contributed by atoms with Gasteiger partial charge in [-0.3, -0.25) is 14.4 Å². The maximum absolute atomic E-state index is 12.7. The van der Waals surface area contributed by atoms with Crippen LogP contribution in [0.15, 0.2) is 146 Å². The molecule has 0 heterocycles. The van der Waals surface area contributed by atoms with Gasteiger partial charge in [0.1, 0.15) is 13.2 Å². The van der Waals surface area contributed by atoms with Crippen LogP contribution in [0.3, 0.4) is 0 Å². The first-order valence-corrected chi connectivity index (χ1v) is 23.4. The number of unbranched alkanes of at least 4 members (excludes halogenated alkanes) is 9. The van der Waals surface area contributed by atoms with Gasteiger partial charge in [0.25, 0.3) is 0 Å². The Hall–Kier alpha value is -4.71. The molecule has 0 N–H and O–H groups in total. The average Bonchev–Trinajstić information content (AvgIpc) is 3.26. The minimum absolute atomic E-state index is 0.129. The molecule has 0 aromatic carbocycles. The third-order valence-corrected chi connectivity index (χ3v) is 8.98. The zero-order chi connectivity index (χ0) is 44.4. The van der Waals surface area contributed by atoms with Gasteiger partial charge in [-0.15, -0.1) is 0 Å². The van der Waals surface area contributed by atoms with Crippen molar-refractivity contribution in [2.45, 2.75) is 168 Å². The molecular formula is C55H82O6. The Morgan fingerprint density at radius 3 is 1.15 bits per heavy atom. The predicted molar refractivity (Wildman–Crippen MR) is 260 cm³/mol. The molecule has 0 amide bonds. The van der Waals surface area contributed by atoms with Gasteiger partial charge in [-0.2, -0.15) is 0 Å². The van der Waals surface area contributed by atoms with Crippen LogP contribution >= 0.6 is 0 Å². The normalized spacial score (nSPS) is 13.4. The lowest BCUT2D eigenvalue weighted by molar-refractivity contribution is -0.167. The van der Waals surface area contributed by atoms with Crippen molar-refractivity contribution >= 4 is 17.9 Å². The van der Waals surface area contributed by atoms with Crippen LogP contribution in [0.1, 0.15) is 162 Å². The minimum atomic E-state index is -0.829. The molecule has 0 bridgehead atoms. The van der Waals surface area contributed by atoms with Crippen LogP contribution in [0.25, 0.3) is 0 Å². The smallest absolute Gasteiger partial charge is 0.306 e. The van der Waals surface area contributed by atoms with Crippen molar-refractivity contribution in [3.8, 4) is 0 Å². The topological polar surface area (TPSA) is 78.9 Å². The van der Waals surface area contributed by atoms with E-state index in [0.29, 0.717) is 12.8 Å². The van der Waals surface area contributed by atoms with Gasteiger partial charge in [0, 0.05) is 19.3 Å². The highest BCUT2D eigenvalue weighted by Crippen LogP contribution is 2.11. The van der Waals surface area contributed by atoms with Crippen molar-refractivity contribution in [2.75, 3.05) is 13.2 Å². The van der Waals surface area contributed by atoms with E-state index < -0.39 is 6.10 Å². The Kier molecular flexibility index (Phi) is 44.3. The molecule has 6 heteroatoms. The van der Waals surface area contributed by atoms with E-state index in [4.69, 9.17) is 14.2 Å². The molecule has 0 aliphatic heterocycles. The lowest BCUT2D eigenvalue weighted by atomic mass is 10.1. The summed E-state index contributed by atoms with van der Waals surface area (Å²) < 4.78 is 16.6. The van der Waals surface area contributed by atoms with Crippen LogP contribution in [-0.4, -0.2) is 37.2 Å². The molecule has 0 aromatic heterocycles. The van der Waals surface area contributed by atoms with Gasteiger partial charge in [0.05, 0.1) is 0 Å². The second-order valence-electron chi connectivity index (χ2n) is 14.7. The molecule has 0 saturated carbocycles. The summed E-state index contributed by atoms with van der Waals surface area (Å²) in [5.74, 6) is -1.05. The first-order chi connectivity index (χ1) is 30.0. The standard InChI is InChI=1S/C55H82O6/c1-4-7-10-13-16-19-22-25-27-28-29-31-33-36-39-42-45-48-54(57)60-51-52(50-59-53(56)47-44-41-38-35-32-24-21-18-15-12-9-6-3)61-55(58)49-46-43-40-37-34-30-26-23-20-17-14-11-8-5-2/h7-13,16-22,25-33,35,52H,4-6,14-15,23-24,34,36-51H2,1-3H3/b10-7-,11-8-,12-9-,16-13-,20-17-,21-18-,22-19-,27-25-,29-28+,30-26-,33-31-,35-32-. The highest BCUT2D eigenvalue weighted by molar-refractivity contribution is 5.71. The quantitative estimate of drug-likeness (QED) is 0.0202. The molecular weight excluding hydrogens is 757 g/mol. The second-order valence-corrected chi connectivity index (χ2v) is 14.7. The fourth-order valence-corrected chi connectivity index (χ4v) is 5.56. The lowest BCUT2D eigenvalue weighted by Crippen LogP contribution is -2.30. The third-order valence-electron chi connectivity index (χ3n) is 8.98. The maximum Gasteiger partial charge on any atom is 0.306 e. The van der Waals surface area contributed by atoms with Crippen LogP contribution in [0.4, 0.5) is 0 Å². The monoisotopic (exact) mass is 839 g/mol. The van der Waals surface area contributed by atoms with Crippen molar-refractivity contribution in [2.24, 2.45) is 0 Å². The summed E-state index contributed by atoms with van der Waals surface area (Å²) in [6.07, 6.45) is 68.3. The van der Waals surface area contributed by atoms with E-state index in [1.807, 2.05) is 60.8 Å². The number of allylic oxidation sites excluding steroid dienone is 24. The molecule has 0 aliphatic rings. The number of hydrogen-bond donors (Lipinski definition) is 0. The number of carbonyl (C=O) groups is 3. The summed E-state index contributed by atoms with van der Waals surface area (Å²) in [5, 5.41) is 0. The third kappa shape index (κ3) is 46.2. The van der Waals surface area contributed by atoms with Crippen LogP contribution in [0.2, 0.25) is 0 Å². The molecule has 0 rings (SSSR count). The van der Waals surface area contributed by atoms with Gasteiger partial charge in [-0.25, -0.2) is 0 Å². The van der Waals surface area contributed by atoms with Gasteiger partial charge in [-0.05, 0) is 103 Å². The van der Waals surface area contributed by atoms with Gasteiger partial charge in [-0.1, -0.05) is 186 Å². The lowest BCUT2D eigenvalue weighted by Gasteiger charge is -2.18. The number of rotatable bonds is 39. The van der Waals surface area contributed by atoms with Gasteiger partial charge >= 0.3 is 17.9 Å². The molecule has 1 unspecified atom stereocenters. The first kappa shape index (κ1) is 56.3. The van der Waals surface area contributed by atoms with Crippen LogP contribution in [-0.2, 0) is 28.6 Å². The fourth-order valence-electron chi connectivity index (χ4n) is 5.56. The van der Waals surface area contributed by atoms with E-state index in [1.54, 1.807) is 0 Å². The summed E-state index contributed by atoms with van der Waals surface area (Å²) in [4.78, 5) is 37.8. The summed E-state index contributed by atoms with van der Waals surface area (Å²) in [5.41, 5.74) is 0. The van der Waals surface area contributed by atoms with Crippen molar-refractivity contribution in [1.29, 1.82) is 0 Å². The fraction of sp³-hybridized carbons (Fsp3) is 0.509. The molecule has 61 heavy (non-hydrogen) atoms. The Bertz CT molecular complexity index is 1430. The van der Waals surface area contributed by atoms with E-state index in [9.17, 15) is 14.4 Å². The second kappa shape index (κ2) is 48.0. The molecule has 0 aliphatic carbocycles. The summed E-state index contributed by atoms with van der Waals surface area (Å²) in [6, 6.07) is 0. The van der Waals surface area contributed by atoms with Crippen LogP contribution in [0, 0.1) is 0 Å². The molecule has 0 saturated heterocycles. The van der Waals surface area contributed by atoms with E-state index in [0.717, 1.165) is 109 Å². The molecule has 0 spiro atoms. The Labute approximate surface area is 372 Å². The van der Waals surface area contributed by atoms with Crippen molar-refractivity contribution in [1.82, 2.24) is 0 Å². The summed E-state index contributed by atoms with van der Waals surface area (Å²) in [6.45, 7) is 6.13. The predicted octanol–water partition coefficient (Wildman–Crippen LogP) is 15.3. The van der Waals surface area contributed by atoms with Crippen molar-refractivity contribution < 1.29 is 28.6 Å². The van der Waals surface area contributed by atoms with Gasteiger partial charge in [0.2, 0.25) is 0 Å². The van der Waals surface area contributed by atoms with Crippen LogP contribution in [0.5, 0.6) is 0 Å². The molecule has 0 radical (unpaired) electrons. The van der Waals surface area contributed by atoms with E-state index in [2.05, 4.69) is 106 Å². The molecule has 0 fully saturated rings. The number of esters is 3. The highest BCUT2D eigenvalue weighted by Gasteiger charge is 2.19. The zero-order valence-corrected chi connectivity index (χ0v) is 38.4. The Morgan fingerprint density at radius 2 is 0.672 bits per heavy atom. The Balaban J connectivity index is 4.61. The SMILES string of the molecule is CC\C=C/C=C\C=C/C=C\C=C\C=C/CCCCCC(=O)OCC(COC(=O)CCCC/C=C\C/C=C\C/C=C\CC)OC(=O)CCCCCC/C=C\C/C=C\C/C=C\CC. The average molecular weight is 839 g/mol.